The van der Waals surface area contributed by atoms with Gasteiger partial charge in [-0.1, -0.05) is 0 Å². The zero-order chi connectivity index (χ0) is 18.6. The first-order chi connectivity index (χ1) is 11.8. The zero-order valence-electron chi connectivity index (χ0n) is 14.0. The normalized spacial score (nSPS) is 19.1. The van der Waals surface area contributed by atoms with Crippen molar-refractivity contribution in [1.29, 1.82) is 0 Å². The average molecular weight is 372 g/mol. The highest BCUT2D eigenvalue weighted by Crippen LogP contribution is 2.36. The van der Waals surface area contributed by atoms with E-state index in [4.69, 9.17) is 19.3 Å². The van der Waals surface area contributed by atoms with Crippen LogP contribution in [0.15, 0.2) is 33.8 Å². The van der Waals surface area contributed by atoms with E-state index in [1.54, 1.807) is 13.8 Å². The van der Waals surface area contributed by atoms with Crippen LogP contribution < -0.4 is 10.5 Å². The summed E-state index contributed by atoms with van der Waals surface area (Å²) < 4.78 is 38.9. The molecule has 0 bridgehead atoms. The molecule has 0 fully saturated rings. The van der Waals surface area contributed by atoms with Crippen molar-refractivity contribution in [3.8, 4) is 0 Å². The molecule has 0 saturated carbocycles. The summed E-state index contributed by atoms with van der Waals surface area (Å²) in [6.45, 7) is 3.94. The van der Waals surface area contributed by atoms with Crippen LogP contribution in [-0.2, 0) is 33.8 Å². The fraction of sp³-hybridized carbons (Fsp3) is 0.467. The summed E-state index contributed by atoms with van der Waals surface area (Å²) in [6, 6.07) is 0. The van der Waals surface area contributed by atoms with Crippen LogP contribution in [0.3, 0.4) is 0 Å². The third-order valence-corrected chi connectivity index (χ3v) is 4.19. The Balaban J connectivity index is 2.69. The van der Waals surface area contributed by atoms with Gasteiger partial charge in [0, 0.05) is 23.8 Å². The molecule has 0 radical (unpaired) electrons. The maximum absolute atomic E-state index is 12.4. The highest BCUT2D eigenvalue weighted by molar-refractivity contribution is 7.92. The lowest BCUT2D eigenvalue weighted by Crippen LogP contribution is -2.32. The maximum Gasteiger partial charge on any atom is 0.344 e. The van der Waals surface area contributed by atoms with Gasteiger partial charge in [0.1, 0.15) is 5.57 Å². The highest BCUT2D eigenvalue weighted by Gasteiger charge is 2.34. The van der Waals surface area contributed by atoms with Crippen molar-refractivity contribution in [2.45, 2.75) is 26.7 Å². The van der Waals surface area contributed by atoms with Crippen LogP contribution in [0.25, 0.3) is 0 Å². The second-order valence-electron chi connectivity index (χ2n) is 5.20. The third-order valence-electron chi connectivity index (χ3n) is 3.42. The quantitative estimate of drug-likeness (QED) is 0.304. The molecule has 0 atom stereocenters. The van der Waals surface area contributed by atoms with Crippen molar-refractivity contribution >= 4 is 21.9 Å². The van der Waals surface area contributed by atoms with E-state index in [-0.39, 0.29) is 30.2 Å². The first-order valence-corrected chi connectivity index (χ1v) is 9.32. The molecule has 2 rings (SSSR count). The largest absolute Gasteiger partial charge is 0.465 e. The molecule has 138 valence electrons. The number of allylic oxidation sites excluding steroid dienone is 3. The van der Waals surface area contributed by atoms with Crippen LogP contribution in [0, 0.1) is 0 Å². The number of ether oxygens (including phenoxy) is 3. The Morgan fingerprint density at radius 3 is 2.68 bits per heavy atom. The summed E-state index contributed by atoms with van der Waals surface area (Å²) in [5.74, 6) is -1.62. The van der Waals surface area contributed by atoms with Crippen LogP contribution in [0.4, 0.5) is 0 Å². The Morgan fingerprint density at radius 2 is 2.08 bits per heavy atom. The van der Waals surface area contributed by atoms with Gasteiger partial charge in [-0.15, -0.1) is 0 Å². The van der Waals surface area contributed by atoms with Crippen molar-refractivity contribution < 1.29 is 32.2 Å². The molecule has 0 aromatic heterocycles. The van der Waals surface area contributed by atoms with Gasteiger partial charge in [0.15, 0.2) is 0 Å². The second kappa shape index (κ2) is 7.70. The summed E-state index contributed by atoms with van der Waals surface area (Å²) in [5, 5.41) is 7.04. The Morgan fingerprint density at radius 1 is 1.36 bits per heavy atom. The van der Waals surface area contributed by atoms with Gasteiger partial charge < -0.3 is 19.5 Å². The molecule has 3 N–H and O–H groups in total. The number of rotatable bonds is 5. The fourth-order valence-corrected chi connectivity index (χ4v) is 2.88. The van der Waals surface area contributed by atoms with E-state index in [0.29, 0.717) is 25.0 Å². The van der Waals surface area contributed by atoms with E-state index >= 15 is 0 Å². The molecule has 25 heavy (non-hydrogen) atoms. The molecule has 0 aromatic carbocycles. The third kappa shape index (κ3) is 4.20. The minimum atomic E-state index is -4.21. The van der Waals surface area contributed by atoms with Crippen molar-refractivity contribution in [1.82, 2.24) is 5.32 Å². The SMILES string of the molecule is CCNC(=O)/C(C(=O)OCC)=C1/C=C(S(N)(=O)=O)OC2=C1CCCO2. The van der Waals surface area contributed by atoms with E-state index < -0.39 is 27.0 Å². The van der Waals surface area contributed by atoms with Gasteiger partial charge in [-0.3, -0.25) is 4.79 Å². The van der Waals surface area contributed by atoms with Crippen LogP contribution in [0.2, 0.25) is 0 Å². The number of nitrogens with two attached hydrogens (primary N) is 1. The van der Waals surface area contributed by atoms with Crippen molar-refractivity contribution in [2.75, 3.05) is 19.8 Å². The van der Waals surface area contributed by atoms with Crippen LogP contribution >= 0.6 is 0 Å². The Bertz CT molecular complexity index is 758. The molecule has 2 aliphatic rings. The number of likely N-dealkylation sites (N-methyl/N-ethyl adjacent to an activating group) is 1. The number of esters is 1. The number of hydrogen-bond acceptors (Lipinski definition) is 7. The number of carbonyl (C=O) groups is 2. The van der Waals surface area contributed by atoms with Crippen LogP contribution in [0.1, 0.15) is 26.7 Å². The van der Waals surface area contributed by atoms with Gasteiger partial charge in [-0.2, -0.15) is 0 Å². The van der Waals surface area contributed by atoms with E-state index in [1.165, 1.54) is 0 Å². The van der Waals surface area contributed by atoms with Gasteiger partial charge in [-0.05, 0) is 26.7 Å². The van der Waals surface area contributed by atoms with Crippen LogP contribution in [-0.4, -0.2) is 40.1 Å². The summed E-state index contributed by atoms with van der Waals surface area (Å²) in [4.78, 5) is 24.7. The van der Waals surface area contributed by atoms with Crippen LogP contribution in [0.5, 0.6) is 0 Å². The zero-order valence-corrected chi connectivity index (χ0v) is 14.8. The smallest absolute Gasteiger partial charge is 0.344 e. The molecule has 0 saturated heterocycles. The first kappa shape index (κ1) is 19.0. The first-order valence-electron chi connectivity index (χ1n) is 7.77. The lowest BCUT2D eigenvalue weighted by atomic mass is 9.94. The van der Waals surface area contributed by atoms with Crippen molar-refractivity contribution in [3.05, 3.63) is 33.8 Å². The monoisotopic (exact) mass is 372 g/mol. The number of hydrogen-bond donors (Lipinski definition) is 2. The summed E-state index contributed by atoms with van der Waals surface area (Å²) in [6.07, 6.45) is 2.13. The summed E-state index contributed by atoms with van der Waals surface area (Å²) >= 11 is 0. The molecule has 0 unspecified atom stereocenters. The Kier molecular flexibility index (Phi) is 5.85. The summed E-state index contributed by atoms with van der Waals surface area (Å²) in [7, 11) is -4.21. The number of primary sulfonamides is 1. The second-order valence-corrected chi connectivity index (χ2v) is 6.69. The minimum Gasteiger partial charge on any atom is -0.465 e. The van der Waals surface area contributed by atoms with Gasteiger partial charge in [-0.25, -0.2) is 18.4 Å². The molecule has 2 aliphatic heterocycles. The lowest BCUT2D eigenvalue weighted by molar-refractivity contribution is -0.140. The predicted octanol–water partition coefficient (Wildman–Crippen LogP) is 0.164. The van der Waals surface area contributed by atoms with E-state index in [9.17, 15) is 18.0 Å². The Hall–Kier alpha value is -2.33. The molecular formula is C15H20N2O7S. The van der Waals surface area contributed by atoms with Gasteiger partial charge in [0.25, 0.3) is 21.9 Å². The van der Waals surface area contributed by atoms with E-state index in [1.807, 2.05) is 0 Å². The van der Waals surface area contributed by atoms with Gasteiger partial charge >= 0.3 is 5.97 Å². The van der Waals surface area contributed by atoms with E-state index in [0.717, 1.165) is 6.08 Å². The van der Waals surface area contributed by atoms with Gasteiger partial charge in [0.05, 0.1) is 13.2 Å². The van der Waals surface area contributed by atoms with Gasteiger partial charge in [0.2, 0.25) is 5.09 Å². The summed E-state index contributed by atoms with van der Waals surface area (Å²) in [5.41, 5.74) is 0.188. The molecule has 2 heterocycles. The lowest BCUT2D eigenvalue weighted by Gasteiger charge is -2.26. The highest BCUT2D eigenvalue weighted by atomic mass is 32.2. The number of nitrogens with one attached hydrogen (secondary N) is 1. The van der Waals surface area contributed by atoms with E-state index in [2.05, 4.69) is 5.32 Å². The molecule has 1 amide bonds. The topological polar surface area (TPSA) is 134 Å². The average Bonchev–Trinajstić information content (AvgIpc) is 2.54. The molecular weight excluding hydrogens is 352 g/mol. The number of sulfonamides is 1. The minimum absolute atomic E-state index is 0.0552. The molecule has 10 heteroatoms. The fourth-order valence-electron chi connectivity index (χ4n) is 2.40. The Labute approximate surface area is 145 Å². The number of amides is 1. The molecule has 0 aromatic rings. The maximum atomic E-state index is 12.4. The molecule has 0 spiro atoms. The predicted molar refractivity (Wildman–Crippen MR) is 86.8 cm³/mol. The standard InChI is InChI=1S/C15H20N2O7S/c1-3-17-13(18)12(14(19)22-4-2)10-8-11(25(16,20)21)24-15-9(10)6-5-7-23-15/h8H,3-7H2,1-2H3,(H,17,18)(H2,16,20,21)/b12-10+. The molecule has 9 nitrogen and oxygen atoms in total. The van der Waals surface area contributed by atoms with Crippen molar-refractivity contribution in [2.24, 2.45) is 5.14 Å². The van der Waals surface area contributed by atoms with Crippen molar-refractivity contribution in [3.63, 3.8) is 0 Å². The number of carbonyl (C=O) groups excluding carboxylic acids is 2. The molecule has 0 aliphatic carbocycles.